The lowest BCUT2D eigenvalue weighted by Gasteiger charge is -2.26. The Bertz CT molecular complexity index is 39.9. The third-order valence-corrected chi connectivity index (χ3v) is 1.40. The Hall–Kier alpha value is -0.0400. The molecule has 6 heavy (non-hydrogen) atoms. The highest BCUT2D eigenvalue weighted by Crippen LogP contribution is 1.96. The van der Waals surface area contributed by atoms with Gasteiger partial charge in [-0.15, -0.1) is 0 Å². The second-order valence-corrected chi connectivity index (χ2v) is 2.38. The molecular formula is C5H12N+. The molecule has 1 rings (SSSR count). The lowest BCUT2D eigenvalue weighted by molar-refractivity contribution is -0.772. The Balaban J connectivity index is 2.11. The van der Waals surface area contributed by atoms with Crippen LogP contribution in [0.4, 0.5) is 0 Å². The Kier molecular flexibility index (Phi) is 0.845. The Morgan fingerprint density at radius 2 is 1.67 bits per heavy atom. The summed E-state index contributed by atoms with van der Waals surface area (Å²) in [5.74, 6) is 0. The van der Waals surface area contributed by atoms with Gasteiger partial charge in [-0.3, -0.25) is 0 Å². The molecular weight excluding hydrogens is 74.1 g/mol. The van der Waals surface area contributed by atoms with Crippen LogP contribution in [0.15, 0.2) is 0 Å². The van der Waals surface area contributed by atoms with Gasteiger partial charge in [0.15, 0.2) is 0 Å². The molecule has 1 saturated heterocycles. The average molecular weight is 86.2 g/mol. The van der Waals surface area contributed by atoms with Gasteiger partial charge >= 0.3 is 0 Å². The molecule has 0 unspecified atom stereocenters. The molecule has 2 N–H and O–H groups in total. The van der Waals surface area contributed by atoms with Gasteiger partial charge in [-0.1, -0.05) is 0 Å². The molecule has 0 bridgehead atoms. The lowest BCUT2D eigenvalue weighted by Crippen LogP contribution is -3.02. The molecule has 1 heteroatoms. The van der Waals surface area contributed by atoms with E-state index in [1.54, 1.807) is 0 Å². The summed E-state index contributed by atoms with van der Waals surface area (Å²) < 4.78 is 0. The molecule has 1 aliphatic rings. The first-order chi connectivity index (χ1) is 2.79. The smallest absolute Gasteiger partial charge is 0.0889 e. The van der Waals surface area contributed by atoms with Gasteiger partial charge in [0, 0.05) is 0 Å². The topological polar surface area (TPSA) is 16.6 Å². The summed E-state index contributed by atoms with van der Waals surface area (Å²) in [5.41, 5.74) is 0. The minimum Gasteiger partial charge on any atom is -0.341 e. The molecule has 36 valence electrons. The molecule has 0 radical (unpaired) electrons. The monoisotopic (exact) mass is 86.1 g/mol. The SMILES string of the molecule is C[C@H]1C[C@H](C)[NH2+]1. The zero-order valence-electron chi connectivity index (χ0n) is 4.44. The lowest BCUT2D eigenvalue weighted by atomic mass is 10.0. The maximum absolute atomic E-state index is 2.39. The molecule has 0 saturated carbocycles. The van der Waals surface area contributed by atoms with Crippen molar-refractivity contribution in [2.45, 2.75) is 32.4 Å². The molecule has 0 aromatic rings. The summed E-state index contributed by atoms with van der Waals surface area (Å²) in [6.45, 7) is 4.53. The Morgan fingerprint density at radius 3 is 1.67 bits per heavy atom. The van der Waals surface area contributed by atoms with Gasteiger partial charge in [-0.05, 0) is 13.8 Å². The second-order valence-electron chi connectivity index (χ2n) is 2.38. The van der Waals surface area contributed by atoms with Gasteiger partial charge in [-0.2, -0.15) is 0 Å². The van der Waals surface area contributed by atoms with Crippen LogP contribution in [0.3, 0.4) is 0 Å². The van der Waals surface area contributed by atoms with Crippen LogP contribution in [-0.2, 0) is 0 Å². The summed E-state index contributed by atoms with van der Waals surface area (Å²) in [6, 6.07) is 1.83. The molecule has 1 aliphatic heterocycles. The Morgan fingerprint density at radius 1 is 1.33 bits per heavy atom. The number of hydrogen-bond acceptors (Lipinski definition) is 0. The zero-order chi connectivity index (χ0) is 4.57. The first-order valence-electron chi connectivity index (χ1n) is 2.64. The molecule has 0 aliphatic carbocycles. The largest absolute Gasteiger partial charge is 0.341 e. The normalized spacial score (nSPS) is 45.0. The van der Waals surface area contributed by atoms with Crippen LogP contribution < -0.4 is 5.32 Å². The molecule has 1 nitrogen and oxygen atoms in total. The standard InChI is InChI=1S/C5H11N/c1-4-3-5(2)6-4/h4-6H,3H2,1-2H3/p+1/t4-,5-/m0/s1. The van der Waals surface area contributed by atoms with E-state index < -0.39 is 0 Å². The fourth-order valence-electron chi connectivity index (χ4n) is 1.11. The highest BCUT2D eigenvalue weighted by atomic mass is 15.0. The predicted octanol–water partition coefficient (Wildman–Crippen LogP) is -0.269. The van der Waals surface area contributed by atoms with Crippen LogP contribution in [-0.4, -0.2) is 12.1 Å². The third kappa shape index (κ3) is 0.548. The molecule has 1 heterocycles. The molecule has 0 aromatic carbocycles. The molecule has 0 amide bonds. The predicted molar refractivity (Wildman–Crippen MR) is 25.5 cm³/mol. The van der Waals surface area contributed by atoms with Crippen molar-refractivity contribution in [3.8, 4) is 0 Å². The van der Waals surface area contributed by atoms with Crippen molar-refractivity contribution in [3.05, 3.63) is 0 Å². The van der Waals surface area contributed by atoms with Crippen molar-refractivity contribution in [1.82, 2.24) is 0 Å². The van der Waals surface area contributed by atoms with Gasteiger partial charge < -0.3 is 5.32 Å². The van der Waals surface area contributed by atoms with Gasteiger partial charge in [0.25, 0.3) is 0 Å². The van der Waals surface area contributed by atoms with E-state index in [-0.39, 0.29) is 0 Å². The fourth-order valence-corrected chi connectivity index (χ4v) is 1.11. The molecule has 0 spiro atoms. The van der Waals surface area contributed by atoms with E-state index in [1.165, 1.54) is 6.42 Å². The summed E-state index contributed by atoms with van der Waals surface area (Å²) in [4.78, 5) is 0. The highest BCUT2D eigenvalue weighted by Gasteiger charge is 2.23. The summed E-state index contributed by atoms with van der Waals surface area (Å²) in [7, 11) is 0. The molecule has 1 fully saturated rings. The van der Waals surface area contributed by atoms with E-state index in [0.29, 0.717) is 0 Å². The summed E-state index contributed by atoms with van der Waals surface area (Å²) in [5, 5.41) is 2.39. The first kappa shape index (κ1) is 4.13. The summed E-state index contributed by atoms with van der Waals surface area (Å²) >= 11 is 0. The first-order valence-corrected chi connectivity index (χ1v) is 2.64. The van der Waals surface area contributed by atoms with Crippen LogP contribution in [0.1, 0.15) is 20.3 Å². The number of rotatable bonds is 0. The average Bonchev–Trinajstić information content (AvgIpc) is 1.33. The van der Waals surface area contributed by atoms with E-state index in [0.717, 1.165) is 12.1 Å². The van der Waals surface area contributed by atoms with Crippen molar-refractivity contribution in [1.29, 1.82) is 0 Å². The van der Waals surface area contributed by atoms with Crippen LogP contribution in [0.2, 0.25) is 0 Å². The minimum absolute atomic E-state index is 0.917. The van der Waals surface area contributed by atoms with E-state index >= 15 is 0 Å². The third-order valence-electron chi connectivity index (χ3n) is 1.40. The minimum atomic E-state index is 0.917. The van der Waals surface area contributed by atoms with Gasteiger partial charge in [0.1, 0.15) is 0 Å². The quantitative estimate of drug-likeness (QED) is 0.418. The van der Waals surface area contributed by atoms with E-state index in [1.807, 2.05) is 0 Å². The number of hydrogen-bond donors (Lipinski definition) is 1. The van der Waals surface area contributed by atoms with Crippen molar-refractivity contribution in [2.75, 3.05) is 0 Å². The second kappa shape index (κ2) is 1.23. The zero-order valence-corrected chi connectivity index (χ0v) is 4.44. The van der Waals surface area contributed by atoms with Crippen LogP contribution >= 0.6 is 0 Å². The number of quaternary nitrogens is 1. The maximum atomic E-state index is 2.39. The van der Waals surface area contributed by atoms with Crippen molar-refractivity contribution in [2.24, 2.45) is 0 Å². The summed E-state index contributed by atoms with van der Waals surface area (Å²) in [6.07, 6.45) is 1.42. The maximum Gasteiger partial charge on any atom is 0.0889 e. The highest BCUT2D eigenvalue weighted by molar-refractivity contribution is 4.60. The Labute approximate surface area is 38.7 Å². The van der Waals surface area contributed by atoms with Crippen molar-refractivity contribution < 1.29 is 5.32 Å². The van der Waals surface area contributed by atoms with Gasteiger partial charge in [-0.25, -0.2) is 0 Å². The van der Waals surface area contributed by atoms with Gasteiger partial charge in [0.05, 0.1) is 18.5 Å². The van der Waals surface area contributed by atoms with Crippen LogP contribution in [0, 0.1) is 0 Å². The fraction of sp³-hybridized carbons (Fsp3) is 1.00. The van der Waals surface area contributed by atoms with Crippen molar-refractivity contribution in [3.63, 3.8) is 0 Å². The van der Waals surface area contributed by atoms with E-state index in [9.17, 15) is 0 Å². The van der Waals surface area contributed by atoms with E-state index in [2.05, 4.69) is 19.2 Å². The van der Waals surface area contributed by atoms with Gasteiger partial charge in [0.2, 0.25) is 0 Å². The molecule has 2 atom stereocenters. The van der Waals surface area contributed by atoms with Crippen molar-refractivity contribution >= 4 is 0 Å². The molecule has 0 aromatic heterocycles. The van der Waals surface area contributed by atoms with Crippen LogP contribution in [0.25, 0.3) is 0 Å². The van der Waals surface area contributed by atoms with Crippen LogP contribution in [0.5, 0.6) is 0 Å². The van der Waals surface area contributed by atoms with E-state index in [4.69, 9.17) is 0 Å². The number of nitrogens with two attached hydrogens (primary N) is 1.